The van der Waals surface area contributed by atoms with Gasteiger partial charge in [0.15, 0.2) is 11.4 Å². The number of nitrogens with one attached hydrogen (secondary N) is 1. The molecule has 1 aliphatic rings. The van der Waals surface area contributed by atoms with E-state index < -0.39 is 11.7 Å². The maximum Gasteiger partial charge on any atom is 0.426 e. The van der Waals surface area contributed by atoms with Gasteiger partial charge in [-0.2, -0.15) is 0 Å². The Labute approximate surface area is 140 Å². The third-order valence-electron chi connectivity index (χ3n) is 3.89. The number of nitrogen functional groups attached to an aromatic ring is 1. The van der Waals surface area contributed by atoms with Crippen molar-refractivity contribution in [2.75, 3.05) is 11.1 Å². The van der Waals surface area contributed by atoms with Gasteiger partial charge in [-0.25, -0.2) is 14.0 Å². The Kier molecular flexibility index (Phi) is 3.38. The number of carbonyl (C=O) groups excluding carboxylic acids is 2. The van der Waals surface area contributed by atoms with Crippen molar-refractivity contribution in [3.05, 3.63) is 34.9 Å². The van der Waals surface area contributed by atoms with Crippen molar-refractivity contribution in [3.63, 3.8) is 0 Å². The normalized spacial score (nSPS) is 13.9. The summed E-state index contributed by atoms with van der Waals surface area (Å²) in [7, 11) is 0. The van der Waals surface area contributed by atoms with E-state index in [2.05, 4.69) is 15.6 Å². The molecule has 1 amide bonds. The van der Waals surface area contributed by atoms with E-state index in [-0.39, 0.29) is 35.3 Å². The topological polar surface area (TPSA) is 138 Å². The van der Waals surface area contributed by atoms with Crippen molar-refractivity contribution in [3.8, 4) is 0 Å². The van der Waals surface area contributed by atoms with Crippen molar-refractivity contribution in [2.24, 2.45) is 5.92 Å². The zero-order chi connectivity index (χ0) is 17.6. The van der Waals surface area contributed by atoms with Gasteiger partial charge in [-0.3, -0.25) is 9.59 Å². The second kappa shape index (κ2) is 5.58. The number of hydrogen-bond acceptors (Lipinski definition) is 7. The Bertz CT molecular complexity index is 1040. The molecule has 0 aliphatic heterocycles. The molecule has 25 heavy (non-hydrogen) atoms. The minimum atomic E-state index is -0.798. The molecule has 128 valence electrons. The van der Waals surface area contributed by atoms with E-state index in [0.29, 0.717) is 5.69 Å². The van der Waals surface area contributed by atoms with Crippen LogP contribution in [0, 0.1) is 5.92 Å². The number of nitrogens with zero attached hydrogens (tertiary/aromatic N) is 4. The summed E-state index contributed by atoms with van der Waals surface area (Å²) >= 11 is 0. The number of nitrogens with two attached hydrogens (primary N) is 1. The molecule has 3 aromatic rings. The van der Waals surface area contributed by atoms with E-state index in [1.165, 1.54) is 23.0 Å². The first-order valence-corrected chi connectivity index (χ1v) is 7.66. The molecule has 1 fully saturated rings. The highest BCUT2D eigenvalue weighted by Gasteiger charge is 2.30. The quantitative estimate of drug-likeness (QED) is 0.657. The van der Waals surface area contributed by atoms with Gasteiger partial charge < -0.3 is 15.5 Å². The molecule has 2 heterocycles. The zero-order valence-corrected chi connectivity index (χ0v) is 13.0. The average Bonchev–Trinajstić information content (AvgIpc) is 3.25. The number of oxazole rings is 1. The zero-order valence-electron chi connectivity index (χ0n) is 13.0. The summed E-state index contributed by atoms with van der Waals surface area (Å²) in [5, 5.41) is 10.2. The Hall–Kier alpha value is -3.43. The van der Waals surface area contributed by atoms with Crippen LogP contribution in [0.1, 0.15) is 17.6 Å². The first kappa shape index (κ1) is 15.1. The highest BCUT2D eigenvalue weighted by Crippen LogP contribution is 2.29. The van der Waals surface area contributed by atoms with Crippen LogP contribution in [-0.4, -0.2) is 31.4 Å². The average molecular weight is 342 g/mol. The standard InChI is InChI=1S/C15H14N6O4/c16-9-3-4-11-10(5-9)21(15(24)25-11)13(22)7-20-6-12(18-19-20)17-14(23)8-1-2-8/h3-6,8H,1-2,7,16H2,(H,17,23). The highest BCUT2D eigenvalue weighted by molar-refractivity contribution is 5.93. The lowest BCUT2D eigenvalue weighted by atomic mass is 10.3. The van der Waals surface area contributed by atoms with Crippen molar-refractivity contribution in [1.29, 1.82) is 0 Å². The molecule has 0 bridgehead atoms. The summed E-state index contributed by atoms with van der Waals surface area (Å²) in [5.41, 5.74) is 6.66. The number of hydrogen-bond donors (Lipinski definition) is 2. The van der Waals surface area contributed by atoms with Crippen LogP contribution >= 0.6 is 0 Å². The van der Waals surface area contributed by atoms with Gasteiger partial charge in [0.1, 0.15) is 12.1 Å². The first-order valence-electron chi connectivity index (χ1n) is 7.66. The fraction of sp³-hybridized carbons (Fsp3) is 0.267. The lowest BCUT2D eigenvalue weighted by Gasteiger charge is -2.01. The molecular weight excluding hydrogens is 328 g/mol. The maximum atomic E-state index is 12.5. The predicted octanol–water partition coefficient (Wildman–Crippen LogP) is 0.457. The van der Waals surface area contributed by atoms with Gasteiger partial charge in [0.2, 0.25) is 5.91 Å². The number of anilines is 2. The Morgan fingerprint density at radius 3 is 2.92 bits per heavy atom. The molecule has 2 aromatic heterocycles. The minimum Gasteiger partial charge on any atom is -0.407 e. The molecular formula is C15H14N6O4. The molecule has 0 spiro atoms. The van der Waals surface area contributed by atoms with Crippen molar-refractivity contribution in [1.82, 2.24) is 19.6 Å². The molecule has 3 N–H and O–H groups in total. The van der Waals surface area contributed by atoms with Gasteiger partial charge in [-0.15, -0.1) is 5.10 Å². The number of carbonyl (C=O) groups is 2. The molecule has 1 saturated carbocycles. The highest BCUT2D eigenvalue weighted by atomic mass is 16.4. The molecule has 1 aliphatic carbocycles. The van der Waals surface area contributed by atoms with E-state index in [1.807, 2.05) is 0 Å². The maximum absolute atomic E-state index is 12.5. The van der Waals surface area contributed by atoms with Gasteiger partial charge >= 0.3 is 5.76 Å². The largest absolute Gasteiger partial charge is 0.426 e. The third kappa shape index (κ3) is 2.89. The molecule has 10 nitrogen and oxygen atoms in total. The lowest BCUT2D eigenvalue weighted by Crippen LogP contribution is -2.26. The number of aromatic nitrogens is 4. The van der Waals surface area contributed by atoms with Crippen molar-refractivity contribution in [2.45, 2.75) is 19.4 Å². The van der Waals surface area contributed by atoms with E-state index in [9.17, 15) is 14.4 Å². The van der Waals surface area contributed by atoms with Crippen LogP contribution in [0.4, 0.5) is 11.5 Å². The summed E-state index contributed by atoms with van der Waals surface area (Å²) in [4.78, 5) is 36.1. The van der Waals surface area contributed by atoms with Crippen molar-refractivity contribution >= 4 is 34.4 Å². The minimum absolute atomic E-state index is 0.0353. The van der Waals surface area contributed by atoms with Crippen LogP contribution in [-0.2, 0) is 11.3 Å². The number of fused-ring (bicyclic) bond motifs is 1. The van der Waals surface area contributed by atoms with Crippen LogP contribution in [0.3, 0.4) is 0 Å². The monoisotopic (exact) mass is 342 g/mol. The van der Waals surface area contributed by atoms with Gasteiger partial charge in [0, 0.05) is 11.6 Å². The second-order valence-electron chi connectivity index (χ2n) is 5.89. The molecule has 0 saturated heterocycles. The van der Waals surface area contributed by atoms with E-state index in [0.717, 1.165) is 17.4 Å². The summed E-state index contributed by atoms with van der Waals surface area (Å²) in [6.45, 7) is -0.240. The molecule has 10 heteroatoms. The lowest BCUT2D eigenvalue weighted by molar-refractivity contribution is -0.117. The first-order chi connectivity index (χ1) is 12.0. The second-order valence-corrected chi connectivity index (χ2v) is 5.89. The van der Waals surface area contributed by atoms with Crippen LogP contribution in [0.25, 0.3) is 11.1 Å². The van der Waals surface area contributed by atoms with E-state index in [1.54, 1.807) is 6.07 Å². The summed E-state index contributed by atoms with van der Waals surface area (Å²) < 4.78 is 7.17. The van der Waals surface area contributed by atoms with Gasteiger partial charge in [-0.1, -0.05) is 5.21 Å². The Morgan fingerprint density at radius 1 is 1.36 bits per heavy atom. The van der Waals surface area contributed by atoms with Crippen LogP contribution in [0.2, 0.25) is 0 Å². The fourth-order valence-corrected chi connectivity index (χ4v) is 2.49. The fourth-order valence-electron chi connectivity index (χ4n) is 2.49. The summed E-state index contributed by atoms with van der Waals surface area (Å²) in [6, 6.07) is 4.59. The van der Waals surface area contributed by atoms with Gasteiger partial charge in [0.25, 0.3) is 5.91 Å². The smallest absolute Gasteiger partial charge is 0.407 e. The van der Waals surface area contributed by atoms with Gasteiger partial charge in [-0.05, 0) is 31.0 Å². The molecule has 0 unspecified atom stereocenters. The Morgan fingerprint density at radius 2 is 2.16 bits per heavy atom. The molecule has 4 rings (SSSR count). The number of amides is 1. The number of rotatable bonds is 4. The summed E-state index contributed by atoms with van der Waals surface area (Å²) in [5.74, 6) is -1.16. The molecule has 0 radical (unpaired) electrons. The van der Waals surface area contributed by atoms with Crippen LogP contribution in [0.15, 0.2) is 33.6 Å². The predicted molar refractivity (Wildman–Crippen MR) is 86.9 cm³/mol. The van der Waals surface area contributed by atoms with Gasteiger partial charge in [0.05, 0.1) is 6.20 Å². The summed E-state index contributed by atoms with van der Waals surface area (Å²) in [6.07, 6.45) is 3.18. The van der Waals surface area contributed by atoms with Crippen LogP contribution in [0.5, 0.6) is 0 Å². The van der Waals surface area contributed by atoms with E-state index in [4.69, 9.17) is 10.2 Å². The SMILES string of the molecule is Nc1ccc2oc(=O)n(C(=O)Cn3cc(NC(=O)C4CC4)nn3)c2c1. The molecule has 1 aromatic carbocycles. The third-order valence-corrected chi connectivity index (χ3v) is 3.89. The Balaban J connectivity index is 1.55. The number of benzene rings is 1. The van der Waals surface area contributed by atoms with Crippen LogP contribution < -0.4 is 16.8 Å². The van der Waals surface area contributed by atoms with Crippen molar-refractivity contribution < 1.29 is 14.0 Å². The molecule has 0 atom stereocenters. The van der Waals surface area contributed by atoms with E-state index >= 15 is 0 Å².